The predicted octanol–water partition coefficient (Wildman–Crippen LogP) is 2.82. The summed E-state index contributed by atoms with van der Waals surface area (Å²) < 4.78 is 12.4. The summed E-state index contributed by atoms with van der Waals surface area (Å²) in [4.78, 5) is 2.49. The molecule has 1 aromatic carbocycles. The molecule has 0 saturated carbocycles. The fourth-order valence-electron chi connectivity index (χ4n) is 3.04. The van der Waals surface area contributed by atoms with Crippen molar-refractivity contribution in [1.82, 2.24) is 10.2 Å². The van der Waals surface area contributed by atoms with Crippen molar-refractivity contribution >= 4 is 28.3 Å². The molecular weight excluding hydrogens is 356 g/mol. The van der Waals surface area contributed by atoms with E-state index < -0.39 is 0 Å². The van der Waals surface area contributed by atoms with E-state index in [2.05, 4.69) is 46.1 Å². The van der Waals surface area contributed by atoms with Gasteiger partial charge in [0.2, 0.25) is 0 Å². The van der Waals surface area contributed by atoms with Gasteiger partial charge in [-0.05, 0) is 31.5 Å². The van der Waals surface area contributed by atoms with E-state index in [4.69, 9.17) is 9.47 Å². The van der Waals surface area contributed by atoms with E-state index in [0.29, 0.717) is 25.3 Å². The maximum absolute atomic E-state index is 5.67. The molecule has 2 aliphatic rings. The molecule has 1 N–H and O–H groups in total. The first-order valence-corrected chi connectivity index (χ1v) is 7.97. The Kier molecular flexibility index (Phi) is 5.77. The average molecular weight is 378 g/mol. The minimum Gasteiger partial charge on any atom is -0.486 e. The molecule has 21 heavy (non-hydrogen) atoms. The highest BCUT2D eigenvalue weighted by Gasteiger charge is 2.22. The van der Waals surface area contributed by atoms with E-state index in [0.717, 1.165) is 35.6 Å². The van der Waals surface area contributed by atoms with Crippen LogP contribution in [0.3, 0.4) is 0 Å². The summed E-state index contributed by atoms with van der Waals surface area (Å²) in [6.07, 6.45) is 0. The first-order valence-electron chi connectivity index (χ1n) is 7.18. The molecule has 2 aliphatic heterocycles. The zero-order chi connectivity index (χ0) is 14.1. The molecule has 0 bridgehead atoms. The van der Waals surface area contributed by atoms with Crippen molar-refractivity contribution in [2.24, 2.45) is 0 Å². The average Bonchev–Trinajstić information content (AvgIpc) is 2.38. The second-order valence-corrected chi connectivity index (χ2v) is 6.60. The van der Waals surface area contributed by atoms with Crippen molar-refractivity contribution in [3.05, 3.63) is 22.2 Å². The van der Waals surface area contributed by atoms with Gasteiger partial charge in [-0.2, -0.15) is 0 Å². The highest BCUT2D eigenvalue weighted by Crippen LogP contribution is 2.36. The lowest BCUT2D eigenvalue weighted by Gasteiger charge is -2.36. The smallest absolute Gasteiger partial charge is 0.162 e. The summed E-state index contributed by atoms with van der Waals surface area (Å²) in [5.74, 6) is 1.71. The lowest BCUT2D eigenvalue weighted by atomic mass is 10.1. The van der Waals surface area contributed by atoms with Gasteiger partial charge in [0.1, 0.15) is 13.2 Å². The van der Waals surface area contributed by atoms with Gasteiger partial charge >= 0.3 is 0 Å². The normalized spacial score (nSPS) is 25.3. The molecule has 0 aromatic heterocycles. The maximum Gasteiger partial charge on any atom is 0.162 e. The number of fused-ring (bicyclic) bond motifs is 1. The number of nitrogens with one attached hydrogen (secondary N) is 1. The molecule has 2 unspecified atom stereocenters. The molecule has 0 radical (unpaired) electrons. The van der Waals surface area contributed by atoms with Crippen molar-refractivity contribution in [2.45, 2.75) is 32.5 Å². The molecule has 1 fully saturated rings. The molecular formula is C15H22BrClN2O2. The van der Waals surface area contributed by atoms with Crippen LogP contribution in [0.25, 0.3) is 0 Å². The van der Waals surface area contributed by atoms with Gasteiger partial charge in [-0.25, -0.2) is 0 Å². The summed E-state index contributed by atoms with van der Waals surface area (Å²) in [6, 6.07) is 5.21. The Morgan fingerprint density at radius 1 is 1.14 bits per heavy atom. The topological polar surface area (TPSA) is 33.7 Å². The van der Waals surface area contributed by atoms with Crippen LogP contribution in [-0.2, 0) is 6.54 Å². The largest absolute Gasteiger partial charge is 0.486 e. The van der Waals surface area contributed by atoms with Crippen LogP contribution in [0.15, 0.2) is 16.6 Å². The Labute approximate surface area is 140 Å². The third kappa shape index (κ3) is 4.03. The van der Waals surface area contributed by atoms with Gasteiger partial charge in [0.15, 0.2) is 11.5 Å². The molecule has 6 heteroatoms. The van der Waals surface area contributed by atoms with Crippen LogP contribution in [0.5, 0.6) is 11.5 Å². The quantitative estimate of drug-likeness (QED) is 0.859. The number of halogens is 2. The number of piperazine rings is 1. The van der Waals surface area contributed by atoms with E-state index in [1.807, 2.05) is 6.07 Å². The lowest BCUT2D eigenvalue weighted by molar-refractivity contribution is 0.162. The number of hydrogen-bond acceptors (Lipinski definition) is 4. The number of benzene rings is 1. The van der Waals surface area contributed by atoms with Gasteiger partial charge in [-0.15, -0.1) is 12.4 Å². The van der Waals surface area contributed by atoms with E-state index in [1.54, 1.807) is 0 Å². The first kappa shape index (κ1) is 16.9. The number of ether oxygens (including phenoxy) is 2. The van der Waals surface area contributed by atoms with Crippen molar-refractivity contribution < 1.29 is 9.47 Å². The SMILES string of the molecule is CC1CN(Cc2cc3c(cc2Br)OCCO3)CC(C)N1.Cl. The van der Waals surface area contributed by atoms with Crippen LogP contribution in [0.4, 0.5) is 0 Å². The minimum atomic E-state index is 0. The number of hydrogen-bond donors (Lipinski definition) is 1. The zero-order valence-electron chi connectivity index (χ0n) is 12.4. The Bertz CT molecular complexity index is 491. The van der Waals surface area contributed by atoms with Gasteiger partial charge in [0.05, 0.1) is 0 Å². The molecule has 0 spiro atoms. The third-order valence-corrected chi connectivity index (χ3v) is 4.48. The molecule has 118 valence electrons. The van der Waals surface area contributed by atoms with E-state index in [1.165, 1.54) is 5.56 Å². The van der Waals surface area contributed by atoms with Crippen LogP contribution in [0.1, 0.15) is 19.4 Å². The molecule has 0 amide bonds. The monoisotopic (exact) mass is 376 g/mol. The summed E-state index contributed by atoms with van der Waals surface area (Å²) in [5.41, 5.74) is 1.26. The Morgan fingerprint density at radius 3 is 2.33 bits per heavy atom. The fraction of sp³-hybridized carbons (Fsp3) is 0.600. The number of nitrogens with zero attached hydrogens (tertiary/aromatic N) is 1. The van der Waals surface area contributed by atoms with Crippen molar-refractivity contribution in [3.63, 3.8) is 0 Å². The Balaban J connectivity index is 0.00000161. The van der Waals surface area contributed by atoms with Crippen molar-refractivity contribution in [2.75, 3.05) is 26.3 Å². The number of rotatable bonds is 2. The van der Waals surface area contributed by atoms with E-state index in [-0.39, 0.29) is 12.4 Å². The van der Waals surface area contributed by atoms with Gasteiger partial charge in [-0.3, -0.25) is 4.90 Å². The summed E-state index contributed by atoms with van der Waals surface area (Å²) in [7, 11) is 0. The van der Waals surface area contributed by atoms with Gasteiger partial charge in [0, 0.05) is 36.2 Å². The molecule has 0 aliphatic carbocycles. The highest BCUT2D eigenvalue weighted by atomic mass is 79.9. The van der Waals surface area contributed by atoms with Crippen LogP contribution < -0.4 is 14.8 Å². The second-order valence-electron chi connectivity index (χ2n) is 5.75. The van der Waals surface area contributed by atoms with Crippen LogP contribution in [0, 0.1) is 0 Å². The maximum atomic E-state index is 5.67. The fourth-order valence-corrected chi connectivity index (χ4v) is 3.49. The molecule has 2 atom stereocenters. The predicted molar refractivity (Wildman–Crippen MR) is 89.7 cm³/mol. The molecule has 1 saturated heterocycles. The van der Waals surface area contributed by atoms with Crippen LogP contribution >= 0.6 is 28.3 Å². The summed E-state index contributed by atoms with van der Waals surface area (Å²) in [6.45, 7) is 8.83. The van der Waals surface area contributed by atoms with E-state index in [9.17, 15) is 0 Å². The van der Waals surface area contributed by atoms with Crippen LogP contribution in [0.2, 0.25) is 0 Å². The minimum absolute atomic E-state index is 0. The second kappa shape index (κ2) is 7.18. The molecule has 2 heterocycles. The lowest BCUT2D eigenvalue weighted by Crippen LogP contribution is -2.53. The Hall–Kier alpha value is -0.490. The highest BCUT2D eigenvalue weighted by molar-refractivity contribution is 9.10. The Morgan fingerprint density at radius 2 is 1.71 bits per heavy atom. The summed E-state index contributed by atoms with van der Waals surface area (Å²) in [5, 5.41) is 3.56. The van der Waals surface area contributed by atoms with E-state index >= 15 is 0 Å². The van der Waals surface area contributed by atoms with Crippen molar-refractivity contribution in [1.29, 1.82) is 0 Å². The van der Waals surface area contributed by atoms with Gasteiger partial charge < -0.3 is 14.8 Å². The van der Waals surface area contributed by atoms with Gasteiger partial charge in [0.25, 0.3) is 0 Å². The van der Waals surface area contributed by atoms with Crippen LogP contribution in [-0.4, -0.2) is 43.3 Å². The van der Waals surface area contributed by atoms with Gasteiger partial charge in [-0.1, -0.05) is 15.9 Å². The third-order valence-electron chi connectivity index (χ3n) is 3.74. The molecule has 3 rings (SSSR count). The molecule has 1 aromatic rings. The molecule has 4 nitrogen and oxygen atoms in total. The zero-order valence-corrected chi connectivity index (χ0v) is 14.8. The van der Waals surface area contributed by atoms with Crippen molar-refractivity contribution in [3.8, 4) is 11.5 Å². The first-order chi connectivity index (χ1) is 9.61. The summed E-state index contributed by atoms with van der Waals surface area (Å²) >= 11 is 3.65. The standard InChI is InChI=1S/C15H21BrN2O2.ClH/c1-10-7-18(8-11(2)17-10)9-12-5-14-15(6-13(12)16)20-4-3-19-14;/h5-6,10-11,17H,3-4,7-9H2,1-2H3;1H.